The number of hydrogen-bond acceptors (Lipinski definition) is 2. The molecule has 1 rings (SSSR count). The lowest BCUT2D eigenvalue weighted by Crippen LogP contribution is -2.30. The lowest BCUT2D eigenvalue weighted by molar-refractivity contribution is 0.126. The van der Waals surface area contributed by atoms with Crippen molar-refractivity contribution in [3.8, 4) is 0 Å². The lowest BCUT2D eigenvalue weighted by Gasteiger charge is -2.30. The third kappa shape index (κ3) is 5.71. The molecule has 0 aromatic carbocycles. The molecule has 1 aliphatic carbocycles. The molecule has 0 radical (unpaired) electrons. The van der Waals surface area contributed by atoms with E-state index in [0.717, 1.165) is 25.0 Å². The Balaban J connectivity index is 2.14. The molecule has 0 atom stereocenters. The first kappa shape index (κ1) is 13.8. The van der Waals surface area contributed by atoms with Crippen LogP contribution < -0.4 is 0 Å². The molecule has 0 saturated heterocycles. The molecule has 0 N–H and O–H groups in total. The molecule has 0 aliphatic heterocycles. The first-order chi connectivity index (χ1) is 7.51. The average Bonchev–Trinajstić information content (AvgIpc) is 2.24. The van der Waals surface area contributed by atoms with Crippen molar-refractivity contribution in [1.82, 2.24) is 0 Å². The van der Waals surface area contributed by atoms with E-state index in [2.05, 4.69) is 26.2 Å². The first-order valence-corrected chi connectivity index (χ1v) is 9.78. The largest absolute Gasteiger partial charge is 0.502 e. The zero-order valence-corrected chi connectivity index (χ0v) is 12.0. The molecule has 2 nitrogen and oxygen atoms in total. The van der Waals surface area contributed by atoms with Crippen molar-refractivity contribution in [3.63, 3.8) is 0 Å². The topological polar surface area (TPSA) is 18.5 Å². The fourth-order valence-corrected chi connectivity index (χ4v) is 2.87. The first-order valence-electron chi connectivity index (χ1n) is 6.37. The van der Waals surface area contributed by atoms with Crippen LogP contribution in [0.5, 0.6) is 0 Å². The smallest absolute Gasteiger partial charge is 0.183 e. The van der Waals surface area contributed by atoms with E-state index in [1.807, 2.05) is 0 Å². The van der Waals surface area contributed by atoms with E-state index in [4.69, 9.17) is 9.16 Å². The minimum absolute atomic E-state index is 0.737. The van der Waals surface area contributed by atoms with Gasteiger partial charge in [-0.1, -0.05) is 6.58 Å². The fraction of sp³-hybridized carbons (Fsp3) is 0.846. The van der Waals surface area contributed by atoms with Crippen molar-refractivity contribution in [3.05, 3.63) is 12.8 Å². The van der Waals surface area contributed by atoms with Gasteiger partial charge >= 0.3 is 0 Å². The van der Waals surface area contributed by atoms with Crippen LogP contribution in [0.3, 0.4) is 0 Å². The van der Waals surface area contributed by atoms with Gasteiger partial charge in [-0.2, -0.15) is 0 Å². The van der Waals surface area contributed by atoms with Gasteiger partial charge in [-0.05, 0) is 57.2 Å². The molecule has 3 heteroatoms. The van der Waals surface area contributed by atoms with E-state index >= 15 is 0 Å². The van der Waals surface area contributed by atoms with Gasteiger partial charge in [0.05, 0.1) is 12.9 Å². The van der Waals surface area contributed by atoms with Gasteiger partial charge in [0.1, 0.15) is 0 Å². The molecule has 0 heterocycles. The summed E-state index contributed by atoms with van der Waals surface area (Å²) in [5.74, 6) is 1.52. The molecule has 0 spiro atoms. The molecule has 1 aliphatic rings. The summed E-state index contributed by atoms with van der Waals surface area (Å²) in [4.78, 5) is 0. The van der Waals surface area contributed by atoms with E-state index in [9.17, 15) is 0 Å². The van der Waals surface area contributed by atoms with Crippen LogP contribution in [0.4, 0.5) is 0 Å². The van der Waals surface area contributed by atoms with Crippen LogP contribution >= 0.6 is 0 Å². The van der Waals surface area contributed by atoms with Crippen molar-refractivity contribution in [2.45, 2.75) is 45.3 Å². The standard InChI is InChI=1S/C13H26O2Si/c1-5-14-10-12-6-8-13(9-7-12)11-15-16(2,3)4/h5,12-13H,1,6-11H2,2-4H3. The normalized spacial score (nSPS) is 26.4. The van der Waals surface area contributed by atoms with Crippen LogP contribution in [0.25, 0.3) is 0 Å². The van der Waals surface area contributed by atoms with Gasteiger partial charge in [0.25, 0.3) is 0 Å². The van der Waals surface area contributed by atoms with Crippen molar-refractivity contribution >= 4 is 8.32 Å². The summed E-state index contributed by atoms with van der Waals surface area (Å²) in [6.45, 7) is 12.2. The van der Waals surface area contributed by atoms with Gasteiger partial charge < -0.3 is 9.16 Å². The predicted molar refractivity (Wildman–Crippen MR) is 70.9 cm³/mol. The molecule has 0 unspecified atom stereocenters. The molecule has 16 heavy (non-hydrogen) atoms. The molecule has 1 fully saturated rings. The maximum absolute atomic E-state index is 5.98. The highest BCUT2D eigenvalue weighted by molar-refractivity contribution is 6.69. The Labute approximate surface area is 101 Å². The minimum Gasteiger partial charge on any atom is -0.502 e. The van der Waals surface area contributed by atoms with E-state index < -0.39 is 8.32 Å². The van der Waals surface area contributed by atoms with E-state index in [1.165, 1.54) is 25.7 Å². The van der Waals surface area contributed by atoms with Crippen LogP contribution in [-0.4, -0.2) is 21.5 Å². The summed E-state index contributed by atoms with van der Waals surface area (Å²) >= 11 is 0. The highest BCUT2D eigenvalue weighted by Gasteiger charge is 2.23. The van der Waals surface area contributed by atoms with Gasteiger partial charge in [-0.15, -0.1) is 0 Å². The van der Waals surface area contributed by atoms with E-state index in [0.29, 0.717) is 0 Å². The van der Waals surface area contributed by atoms with Crippen molar-refractivity contribution in [2.75, 3.05) is 13.2 Å². The second kappa shape index (κ2) is 6.45. The van der Waals surface area contributed by atoms with Crippen molar-refractivity contribution in [2.24, 2.45) is 11.8 Å². The molecule has 0 aromatic heterocycles. The summed E-state index contributed by atoms with van der Waals surface area (Å²) in [6.07, 6.45) is 6.73. The van der Waals surface area contributed by atoms with Crippen molar-refractivity contribution < 1.29 is 9.16 Å². The third-order valence-corrected chi connectivity index (χ3v) is 4.20. The maximum Gasteiger partial charge on any atom is 0.183 e. The summed E-state index contributed by atoms with van der Waals surface area (Å²) in [5.41, 5.74) is 0. The van der Waals surface area contributed by atoms with Gasteiger partial charge in [-0.25, -0.2) is 0 Å². The quantitative estimate of drug-likeness (QED) is 0.521. The SMILES string of the molecule is C=COCC1CCC(CO[Si](C)(C)C)CC1. The zero-order chi connectivity index (χ0) is 12.0. The monoisotopic (exact) mass is 242 g/mol. The second-order valence-corrected chi connectivity index (χ2v) is 10.3. The predicted octanol–water partition coefficient (Wildman–Crippen LogP) is 3.80. The Bertz CT molecular complexity index is 202. The number of ether oxygens (including phenoxy) is 1. The average molecular weight is 242 g/mol. The van der Waals surface area contributed by atoms with E-state index in [1.54, 1.807) is 6.26 Å². The van der Waals surface area contributed by atoms with Gasteiger partial charge in [0.15, 0.2) is 8.32 Å². The summed E-state index contributed by atoms with van der Waals surface area (Å²) in [7, 11) is -1.32. The summed E-state index contributed by atoms with van der Waals surface area (Å²) < 4.78 is 11.2. The van der Waals surface area contributed by atoms with Crippen LogP contribution in [0.1, 0.15) is 25.7 Å². The van der Waals surface area contributed by atoms with Gasteiger partial charge in [-0.3, -0.25) is 0 Å². The highest BCUT2D eigenvalue weighted by atomic mass is 28.4. The van der Waals surface area contributed by atoms with E-state index in [-0.39, 0.29) is 0 Å². The molecular formula is C13H26O2Si. The van der Waals surface area contributed by atoms with Gasteiger partial charge in [0.2, 0.25) is 0 Å². The van der Waals surface area contributed by atoms with Crippen LogP contribution in [0.2, 0.25) is 19.6 Å². The Kier molecular flexibility index (Phi) is 5.56. The molecule has 1 saturated carbocycles. The lowest BCUT2D eigenvalue weighted by atomic mass is 9.83. The van der Waals surface area contributed by atoms with Crippen molar-refractivity contribution in [1.29, 1.82) is 0 Å². The third-order valence-electron chi connectivity index (χ3n) is 3.17. The Hall–Kier alpha value is -0.283. The Morgan fingerprint density at radius 2 is 1.56 bits per heavy atom. The molecule has 0 bridgehead atoms. The summed E-state index contributed by atoms with van der Waals surface area (Å²) in [5, 5.41) is 0. The maximum atomic E-state index is 5.98. The highest BCUT2D eigenvalue weighted by Crippen LogP contribution is 2.29. The minimum atomic E-state index is -1.32. The van der Waals surface area contributed by atoms with Crippen LogP contribution in [0, 0.1) is 11.8 Å². The fourth-order valence-electron chi connectivity index (χ4n) is 2.14. The Morgan fingerprint density at radius 3 is 2.00 bits per heavy atom. The number of rotatable bonds is 6. The molecule has 94 valence electrons. The molecular weight excluding hydrogens is 216 g/mol. The zero-order valence-electron chi connectivity index (χ0n) is 11.0. The Morgan fingerprint density at radius 1 is 1.06 bits per heavy atom. The molecule has 0 aromatic rings. The van der Waals surface area contributed by atoms with Gasteiger partial charge in [0, 0.05) is 6.61 Å². The molecule has 0 amide bonds. The summed E-state index contributed by atoms with van der Waals surface area (Å²) in [6, 6.07) is 0. The van der Waals surface area contributed by atoms with Crippen LogP contribution in [0.15, 0.2) is 12.8 Å². The van der Waals surface area contributed by atoms with Crippen LogP contribution in [-0.2, 0) is 9.16 Å². The second-order valence-electron chi connectivity index (χ2n) is 5.81. The number of hydrogen-bond donors (Lipinski definition) is 0.